The second kappa shape index (κ2) is 9.14. The number of hydrogen-bond donors (Lipinski definition) is 0. The van der Waals surface area contributed by atoms with E-state index in [9.17, 15) is 18.4 Å². The molecule has 0 atom stereocenters. The first-order chi connectivity index (χ1) is 15.0. The van der Waals surface area contributed by atoms with E-state index in [0.717, 1.165) is 16.7 Å². The minimum Gasteiger partial charge on any atom is -0.488 e. The molecule has 0 unspecified atom stereocenters. The number of ether oxygens (including phenoxy) is 1. The molecule has 0 N–H and O–H groups in total. The summed E-state index contributed by atoms with van der Waals surface area (Å²) in [6.07, 6.45) is 1.59. The number of imide groups is 1. The van der Waals surface area contributed by atoms with E-state index in [0.29, 0.717) is 22.4 Å². The lowest BCUT2D eigenvalue weighted by atomic mass is 10.1. The largest absolute Gasteiger partial charge is 0.488 e. The highest BCUT2D eigenvalue weighted by Gasteiger charge is 2.35. The van der Waals surface area contributed by atoms with Gasteiger partial charge in [-0.1, -0.05) is 48.5 Å². The SMILES string of the molecule is O=C1S/C(=C\c2ccccc2OCc2ccccc2F)C(=O)N1Cc1ccc(F)cc1. The molecule has 0 aromatic heterocycles. The molecule has 31 heavy (non-hydrogen) atoms. The van der Waals surface area contributed by atoms with Gasteiger partial charge in [-0.2, -0.15) is 0 Å². The summed E-state index contributed by atoms with van der Waals surface area (Å²) in [5.41, 5.74) is 1.67. The molecule has 4 rings (SSSR count). The Balaban J connectivity index is 1.52. The van der Waals surface area contributed by atoms with Gasteiger partial charge < -0.3 is 4.74 Å². The van der Waals surface area contributed by atoms with Crippen LogP contribution in [0.15, 0.2) is 77.7 Å². The normalized spacial score (nSPS) is 15.0. The van der Waals surface area contributed by atoms with Crippen molar-refractivity contribution < 1.29 is 23.1 Å². The van der Waals surface area contributed by atoms with Crippen LogP contribution in [0, 0.1) is 11.6 Å². The quantitative estimate of drug-likeness (QED) is 0.459. The van der Waals surface area contributed by atoms with Crippen LogP contribution in [0.2, 0.25) is 0 Å². The molecule has 7 heteroatoms. The number of amides is 2. The molecule has 156 valence electrons. The third-order valence-corrected chi connectivity index (χ3v) is 5.58. The van der Waals surface area contributed by atoms with Gasteiger partial charge in [-0.25, -0.2) is 8.78 Å². The van der Waals surface area contributed by atoms with Gasteiger partial charge in [0.25, 0.3) is 11.1 Å². The molecular formula is C24H17F2NO3S. The van der Waals surface area contributed by atoms with Crippen molar-refractivity contribution in [2.75, 3.05) is 0 Å². The van der Waals surface area contributed by atoms with Gasteiger partial charge in [0, 0.05) is 11.1 Å². The van der Waals surface area contributed by atoms with Crippen molar-refractivity contribution in [3.63, 3.8) is 0 Å². The highest BCUT2D eigenvalue weighted by atomic mass is 32.2. The fourth-order valence-corrected chi connectivity index (χ4v) is 3.88. The predicted molar refractivity (Wildman–Crippen MR) is 115 cm³/mol. The summed E-state index contributed by atoms with van der Waals surface area (Å²) in [5.74, 6) is -0.703. The Kier molecular flexibility index (Phi) is 6.13. The average Bonchev–Trinajstić information content (AvgIpc) is 3.03. The number of thioether (sulfide) groups is 1. The molecule has 0 bridgehead atoms. The van der Waals surface area contributed by atoms with E-state index >= 15 is 0 Å². The molecule has 2 amide bonds. The molecule has 1 aliphatic rings. The van der Waals surface area contributed by atoms with Crippen molar-refractivity contribution in [2.45, 2.75) is 13.2 Å². The minimum atomic E-state index is -0.428. The van der Waals surface area contributed by atoms with Gasteiger partial charge in [0.1, 0.15) is 24.0 Å². The lowest BCUT2D eigenvalue weighted by Gasteiger charge is -2.12. The number of carbonyl (C=O) groups excluding carboxylic acids is 2. The van der Waals surface area contributed by atoms with E-state index in [1.165, 1.54) is 30.3 Å². The van der Waals surface area contributed by atoms with Gasteiger partial charge in [-0.05, 0) is 47.7 Å². The molecule has 1 fully saturated rings. The molecule has 3 aromatic carbocycles. The van der Waals surface area contributed by atoms with Gasteiger partial charge in [0.05, 0.1) is 11.4 Å². The summed E-state index contributed by atoms with van der Waals surface area (Å²) in [5, 5.41) is -0.398. The molecule has 3 aromatic rings. The number of para-hydroxylation sites is 1. The van der Waals surface area contributed by atoms with Gasteiger partial charge in [0.2, 0.25) is 0 Å². The number of benzene rings is 3. The van der Waals surface area contributed by atoms with Gasteiger partial charge >= 0.3 is 0 Å². The number of carbonyl (C=O) groups is 2. The standard InChI is InChI=1S/C24H17F2NO3S/c25-19-11-9-16(10-12-19)14-27-23(28)22(31-24(27)29)13-17-5-2-4-8-21(17)30-15-18-6-1-3-7-20(18)26/h1-13H,14-15H2/b22-13-. The molecular weight excluding hydrogens is 420 g/mol. The highest BCUT2D eigenvalue weighted by Crippen LogP contribution is 2.35. The Labute approximate surface area is 182 Å². The van der Waals surface area contributed by atoms with E-state index in [2.05, 4.69) is 0 Å². The lowest BCUT2D eigenvalue weighted by Crippen LogP contribution is -2.27. The van der Waals surface area contributed by atoms with Crippen LogP contribution in [0.1, 0.15) is 16.7 Å². The Morgan fingerprint density at radius 3 is 2.39 bits per heavy atom. The molecule has 1 heterocycles. The fraction of sp³-hybridized carbons (Fsp3) is 0.0833. The van der Waals surface area contributed by atoms with Crippen molar-refractivity contribution in [1.82, 2.24) is 4.90 Å². The van der Waals surface area contributed by atoms with Crippen LogP contribution >= 0.6 is 11.8 Å². The Morgan fingerprint density at radius 2 is 1.61 bits per heavy atom. The van der Waals surface area contributed by atoms with E-state index in [1.807, 2.05) is 0 Å². The Bertz CT molecular complexity index is 1160. The smallest absolute Gasteiger partial charge is 0.293 e. The van der Waals surface area contributed by atoms with E-state index in [4.69, 9.17) is 4.74 Å². The zero-order valence-electron chi connectivity index (χ0n) is 16.3. The van der Waals surface area contributed by atoms with Crippen molar-refractivity contribution in [1.29, 1.82) is 0 Å². The van der Waals surface area contributed by atoms with Crippen molar-refractivity contribution in [3.05, 3.63) is 106 Å². The van der Waals surface area contributed by atoms with Crippen molar-refractivity contribution in [3.8, 4) is 5.75 Å². The van der Waals surface area contributed by atoms with Gasteiger partial charge in [0.15, 0.2) is 0 Å². The highest BCUT2D eigenvalue weighted by molar-refractivity contribution is 8.18. The maximum absolute atomic E-state index is 13.9. The van der Waals surface area contributed by atoms with Crippen LogP contribution in [-0.2, 0) is 17.9 Å². The van der Waals surface area contributed by atoms with Gasteiger partial charge in [-0.3, -0.25) is 14.5 Å². The Hall–Kier alpha value is -3.45. The van der Waals surface area contributed by atoms with Crippen molar-refractivity contribution >= 4 is 29.0 Å². The van der Waals surface area contributed by atoms with E-state index in [1.54, 1.807) is 48.5 Å². The first-order valence-corrected chi connectivity index (χ1v) is 10.3. The number of halogens is 2. The summed E-state index contributed by atoms with van der Waals surface area (Å²) in [7, 11) is 0. The van der Waals surface area contributed by atoms with Crippen LogP contribution in [-0.4, -0.2) is 16.0 Å². The molecule has 4 nitrogen and oxygen atoms in total. The minimum absolute atomic E-state index is 0.0313. The number of nitrogens with zero attached hydrogens (tertiary/aromatic N) is 1. The zero-order chi connectivity index (χ0) is 21.8. The molecule has 0 saturated carbocycles. The van der Waals surface area contributed by atoms with Crippen LogP contribution in [0.25, 0.3) is 6.08 Å². The summed E-state index contributed by atoms with van der Waals surface area (Å²) >= 11 is 0.834. The maximum Gasteiger partial charge on any atom is 0.293 e. The summed E-state index contributed by atoms with van der Waals surface area (Å²) in [6, 6.07) is 19.0. The summed E-state index contributed by atoms with van der Waals surface area (Å²) < 4.78 is 32.7. The lowest BCUT2D eigenvalue weighted by molar-refractivity contribution is -0.123. The number of hydrogen-bond acceptors (Lipinski definition) is 4. The van der Waals surface area contributed by atoms with Crippen LogP contribution in [0.5, 0.6) is 5.75 Å². The van der Waals surface area contributed by atoms with E-state index in [-0.39, 0.29) is 29.7 Å². The molecule has 0 radical (unpaired) electrons. The molecule has 1 aliphatic heterocycles. The second-order valence-electron chi connectivity index (χ2n) is 6.81. The first kappa shape index (κ1) is 20.8. The molecule has 0 aliphatic carbocycles. The van der Waals surface area contributed by atoms with Crippen LogP contribution in [0.3, 0.4) is 0 Å². The van der Waals surface area contributed by atoms with E-state index < -0.39 is 11.1 Å². The van der Waals surface area contributed by atoms with Crippen molar-refractivity contribution in [2.24, 2.45) is 0 Å². The zero-order valence-corrected chi connectivity index (χ0v) is 17.1. The third kappa shape index (κ3) is 4.83. The average molecular weight is 437 g/mol. The summed E-state index contributed by atoms with van der Waals surface area (Å²) in [4.78, 5) is 26.5. The van der Waals surface area contributed by atoms with Crippen LogP contribution in [0.4, 0.5) is 13.6 Å². The number of rotatable bonds is 6. The summed E-state index contributed by atoms with van der Waals surface area (Å²) in [6.45, 7) is 0.0945. The first-order valence-electron chi connectivity index (χ1n) is 9.46. The maximum atomic E-state index is 13.9. The predicted octanol–water partition coefficient (Wildman–Crippen LogP) is 5.78. The third-order valence-electron chi connectivity index (χ3n) is 4.67. The topological polar surface area (TPSA) is 46.6 Å². The Morgan fingerprint density at radius 1 is 0.903 bits per heavy atom. The van der Waals surface area contributed by atoms with Crippen LogP contribution < -0.4 is 4.74 Å². The second-order valence-corrected chi connectivity index (χ2v) is 7.81. The fourth-order valence-electron chi connectivity index (χ4n) is 3.05. The monoisotopic (exact) mass is 437 g/mol. The molecule has 1 saturated heterocycles. The van der Waals surface area contributed by atoms with Gasteiger partial charge in [-0.15, -0.1) is 0 Å². The molecule has 0 spiro atoms.